The Labute approximate surface area is 117 Å². The first-order chi connectivity index (χ1) is 9.14. The van der Waals surface area contributed by atoms with Gasteiger partial charge in [-0.2, -0.15) is 0 Å². The molecule has 1 aromatic heterocycles. The molecule has 0 bridgehead atoms. The fourth-order valence-electron chi connectivity index (χ4n) is 1.39. The summed E-state index contributed by atoms with van der Waals surface area (Å²) < 4.78 is 65.3. The molecule has 0 saturated heterocycles. The molecular formula is C10H7BrF5NO3. The first kappa shape index (κ1) is 16.6. The van der Waals surface area contributed by atoms with Crippen LogP contribution in [0.15, 0.2) is 6.07 Å². The van der Waals surface area contributed by atoms with E-state index in [2.05, 4.69) is 25.7 Å². The van der Waals surface area contributed by atoms with Gasteiger partial charge in [0.05, 0.1) is 6.42 Å². The van der Waals surface area contributed by atoms with E-state index in [0.29, 0.717) is 0 Å². The first-order valence-corrected chi connectivity index (χ1v) is 6.10. The van der Waals surface area contributed by atoms with Gasteiger partial charge in [0.15, 0.2) is 0 Å². The lowest BCUT2D eigenvalue weighted by molar-refractivity contribution is -0.276. The van der Waals surface area contributed by atoms with Gasteiger partial charge in [-0.15, -0.1) is 13.2 Å². The second-order valence-electron chi connectivity index (χ2n) is 3.54. The second kappa shape index (κ2) is 6.33. The van der Waals surface area contributed by atoms with Crippen molar-refractivity contribution in [2.24, 2.45) is 0 Å². The van der Waals surface area contributed by atoms with Crippen LogP contribution in [-0.4, -0.2) is 22.4 Å². The van der Waals surface area contributed by atoms with Gasteiger partial charge in [0.1, 0.15) is 5.69 Å². The van der Waals surface area contributed by atoms with Crippen LogP contribution in [0.5, 0.6) is 5.88 Å². The van der Waals surface area contributed by atoms with Gasteiger partial charge in [-0.1, -0.05) is 15.9 Å². The third kappa shape index (κ3) is 4.58. The van der Waals surface area contributed by atoms with E-state index in [1.807, 2.05) is 0 Å². The van der Waals surface area contributed by atoms with Crippen LogP contribution >= 0.6 is 15.9 Å². The number of pyridine rings is 1. The molecule has 20 heavy (non-hydrogen) atoms. The van der Waals surface area contributed by atoms with Gasteiger partial charge in [0.25, 0.3) is 6.43 Å². The van der Waals surface area contributed by atoms with E-state index in [1.54, 1.807) is 0 Å². The minimum Gasteiger partial charge on any atom is -0.481 e. The lowest BCUT2D eigenvalue weighted by Crippen LogP contribution is -2.20. The van der Waals surface area contributed by atoms with E-state index < -0.39 is 36.8 Å². The minimum atomic E-state index is -5.12. The Balaban J connectivity index is 3.38. The van der Waals surface area contributed by atoms with E-state index in [-0.39, 0.29) is 16.5 Å². The number of rotatable bonds is 5. The number of nitrogens with zero attached hydrogens (tertiary/aromatic N) is 1. The van der Waals surface area contributed by atoms with Crippen LogP contribution in [0, 0.1) is 0 Å². The molecule has 0 aliphatic carbocycles. The zero-order valence-corrected chi connectivity index (χ0v) is 11.1. The molecule has 112 valence electrons. The summed E-state index contributed by atoms with van der Waals surface area (Å²) >= 11 is 2.85. The largest absolute Gasteiger partial charge is 0.574 e. The van der Waals surface area contributed by atoms with Crippen molar-refractivity contribution in [3.63, 3.8) is 0 Å². The Morgan fingerprint density at radius 3 is 2.45 bits per heavy atom. The molecule has 1 heterocycles. The summed E-state index contributed by atoms with van der Waals surface area (Å²) in [6, 6.07) is 0.749. The predicted octanol–water partition coefficient (Wildman–Crippen LogP) is 3.44. The number of halogens is 6. The van der Waals surface area contributed by atoms with Crippen LogP contribution in [0.25, 0.3) is 0 Å². The van der Waals surface area contributed by atoms with Gasteiger partial charge < -0.3 is 9.84 Å². The molecule has 0 aromatic carbocycles. The zero-order valence-electron chi connectivity index (χ0n) is 9.55. The van der Waals surface area contributed by atoms with Crippen molar-refractivity contribution in [3.05, 3.63) is 22.9 Å². The molecule has 1 rings (SSSR count). The van der Waals surface area contributed by atoms with Crippen molar-refractivity contribution in [3.8, 4) is 5.88 Å². The zero-order chi connectivity index (χ0) is 15.5. The lowest BCUT2D eigenvalue weighted by atomic mass is 10.1. The number of carboxylic acid groups (broad SMARTS) is 1. The monoisotopic (exact) mass is 363 g/mol. The Morgan fingerprint density at radius 1 is 1.45 bits per heavy atom. The standard InChI is InChI=1S/C10H7BrF5NO3/c11-3-5-4(2-7(18)19)1-6(8(12)13)17-9(5)20-10(14,15)16/h1,8H,2-3H2,(H,18,19). The van der Waals surface area contributed by atoms with E-state index in [9.17, 15) is 26.7 Å². The maximum Gasteiger partial charge on any atom is 0.574 e. The molecule has 0 aliphatic heterocycles. The normalized spacial score (nSPS) is 11.8. The van der Waals surface area contributed by atoms with Crippen molar-refractivity contribution in [1.29, 1.82) is 0 Å². The molecule has 4 nitrogen and oxygen atoms in total. The smallest absolute Gasteiger partial charge is 0.481 e. The van der Waals surface area contributed by atoms with Gasteiger partial charge in [-0.25, -0.2) is 13.8 Å². The number of aliphatic carboxylic acids is 1. The summed E-state index contributed by atoms with van der Waals surface area (Å²) in [7, 11) is 0. The molecule has 0 aliphatic rings. The Morgan fingerprint density at radius 2 is 2.05 bits per heavy atom. The predicted molar refractivity (Wildman–Crippen MR) is 59.8 cm³/mol. The summed E-state index contributed by atoms with van der Waals surface area (Å²) in [5.74, 6) is -2.46. The number of carbonyl (C=O) groups is 1. The van der Waals surface area contributed by atoms with Crippen LogP contribution in [0.1, 0.15) is 23.2 Å². The van der Waals surface area contributed by atoms with Gasteiger partial charge >= 0.3 is 12.3 Å². The highest BCUT2D eigenvalue weighted by atomic mass is 79.9. The molecule has 0 radical (unpaired) electrons. The maximum absolute atomic E-state index is 12.6. The quantitative estimate of drug-likeness (QED) is 0.643. The fourth-order valence-corrected chi connectivity index (χ4v) is 1.99. The van der Waals surface area contributed by atoms with Crippen molar-refractivity contribution in [2.45, 2.75) is 24.5 Å². The van der Waals surface area contributed by atoms with E-state index in [1.165, 1.54) is 0 Å². The topological polar surface area (TPSA) is 59.4 Å². The van der Waals surface area contributed by atoms with Gasteiger partial charge in [-0.05, 0) is 11.6 Å². The number of ether oxygens (including phenoxy) is 1. The average Bonchev–Trinajstić information content (AvgIpc) is 2.25. The van der Waals surface area contributed by atoms with Crippen molar-refractivity contribution < 1.29 is 36.6 Å². The summed E-state index contributed by atoms with van der Waals surface area (Å²) in [5, 5.41) is 8.43. The van der Waals surface area contributed by atoms with Crippen LogP contribution in [0.2, 0.25) is 0 Å². The summed E-state index contributed by atoms with van der Waals surface area (Å²) in [6.07, 6.45) is -9.00. The van der Waals surface area contributed by atoms with E-state index in [4.69, 9.17) is 5.11 Å². The molecule has 1 aromatic rings. The maximum atomic E-state index is 12.6. The van der Waals surface area contributed by atoms with Gasteiger partial charge in [0, 0.05) is 10.9 Å². The molecule has 0 saturated carbocycles. The Kier molecular flexibility index (Phi) is 5.26. The highest BCUT2D eigenvalue weighted by Crippen LogP contribution is 2.32. The van der Waals surface area contributed by atoms with Crippen molar-refractivity contribution in [1.82, 2.24) is 4.98 Å². The summed E-state index contributed by atoms with van der Waals surface area (Å²) in [5.41, 5.74) is -1.45. The molecule has 0 fully saturated rings. The van der Waals surface area contributed by atoms with Crippen LogP contribution < -0.4 is 4.74 Å². The van der Waals surface area contributed by atoms with E-state index >= 15 is 0 Å². The number of hydrogen-bond acceptors (Lipinski definition) is 3. The van der Waals surface area contributed by atoms with Crippen LogP contribution in [0.4, 0.5) is 22.0 Å². The molecule has 10 heteroatoms. The van der Waals surface area contributed by atoms with E-state index in [0.717, 1.165) is 6.07 Å². The molecule has 0 amide bonds. The third-order valence-electron chi connectivity index (χ3n) is 2.11. The number of hydrogen-bond donors (Lipinski definition) is 1. The molecule has 0 spiro atoms. The summed E-state index contributed by atoms with van der Waals surface area (Å²) in [6.45, 7) is 0. The number of carboxylic acids is 1. The fraction of sp³-hybridized carbons (Fsp3) is 0.400. The van der Waals surface area contributed by atoms with Crippen molar-refractivity contribution >= 4 is 21.9 Å². The van der Waals surface area contributed by atoms with Crippen molar-refractivity contribution in [2.75, 3.05) is 0 Å². The molecule has 1 N–H and O–H groups in total. The highest BCUT2D eigenvalue weighted by molar-refractivity contribution is 9.08. The SMILES string of the molecule is O=C(O)Cc1cc(C(F)F)nc(OC(F)(F)F)c1CBr. The summed E-state index contributed by atoms with van der Waals surface area (Å²) in [4.78, 5) is 13.7. The van der Waals surface area contributed by atoms with Crippen LogP contribution in [0.3, 0.4) is 0 Å². The first-order valence-electron chi connectivity index (χ1n) is 4.98. The molecule has 0 unspecified atom stereocenters. The van der Waals surface area contributed by atoms with Gasteiger partial charge in [0.2, 0.25) is 5.88 Å². The third-order valence-corrected chi connectivity index (χ3v) is 2.67. The minimum absolute atomic E-state index is 0.223. The average molecular weight is 364 g/mol. The number of alkyl halides is 6. The second-order valence-corrected chi connectivity index (χ2v) is 4.10. The van der Waals surface area contributed by atoms with Gasteiger partial charge in [-0.3, -0.25) is 4.79 Å². The molecule has 0 atom stereocenters. The number of aromatic nitrogens is 1. The Bertz CT molecular complexity index is 506. The highest BCUT2D eigenvalue weighted by Gasteiger charge is 2.34. The lowest BCUT2D eigenvalue weighted by Gasteiger charge is -2.15. The Hall–Kier alpha value is -1.45. The van der Waals surface area contributed by atoms with Crippen LogP contribution in [-0.2, 0) is 16.5 Å². The molecular weight excluding hydrogens is 357 g/mol.